The van der Waals surface area contributed by atoms with Crippen molar-refractivity contribution in [3.63, 3.8) is 0 Å². The van der Waals surface area contributed by atoms with Crippen LogP contribution in [0.3, 0.4) is 0 Å². The molecule has 0 bridgehead atoms. The predicted octanol–water partition coefficient (Wildman–Crippen LogP) is 3.02. The average Bonchev–Trinajstić information content (AvgIpc) is 2.36. The van der Waals surface area contributed by atoms with Gasteiger partial charge in [0.15, 0.2) is 11.5 Å². The molecule has 0 aliphatic rings. The van der Waals surface area contributed by atoms with Gasteiger partial charge in [-0.2, -0.15) is 0 Å². The summed E-state index contributed by atoms with van der Waals surface area (Å²) in [5.74, 6) is 0.497. The Morgan fingerprint density at radius 2 is 2.45 bits per heavy atom. The molecule has 0 amide bonds. The topological polar surface area (TPSA) is 30.2 Å². The number of carbonyl (C=O) groups excluding carboxylic acids is 1. The number of Topliss-reactive ketones (excluding diaryl/α,β-unsaturated/α-hetero) is 1. The number of carbonyl (C=O) groups is 1. The summed E-state index contributed by atoms with van der Waals surface area (Å²) >= 11 is 3.22. The average molecular weight is 217 g/mol. The molecule has 11 heavy (non-hydrogen) atoms. The van der Waals surface area contributed by atoms with E-state index in [-0.39, 0.29) is 5.78 Å². The van der Waals surface area contributed by atoms with E-state index in [9.17, 15) is 4.79 Å². The van der Waals surface area contributed by atoms with Crippen molar-refractivity contribution in [2.45, 2.75) is 19.8 Å². The zero-order chi connectivity index (χ0) is 8.27. The molecular formula is C8H9BrO2. The molecule has 0 saturated heterocycles. The van der Waals surface area contributed by atoms with Crippen molar-refractivity contribution in [1.82, 2.24) is 0 Å². The molecule has 0 aliphatic carbocycles. The Labute approximate surface area is 73.7 Å². The highest BCUT2D eigenvalue weighted by Crippen LogP contribution is 2.19. The Kier molecular flexibility index (Phi) is 2.88. The molecule has 0 saturated carbocycles. The fourth-order valence-electron chi connectivity index (χ4n) is 0.833. The third-order valence-corrected chi connectivity index (χ3v) is 1.97. The molecule has 0 atom stereocenters. The lowest BCUT2D eigenvalue weighted by Crippen LogP contribution is -1.95. The maximum absolute atomic E-state index is 11.2. The second kappa shape index (κ2) is 3.72. The number of hydrogen-bond donors (Lipinski definition) is 0. The molecule has 2 nitrogen and oxygen atoms in total. The molecule has 1 rings (SSSR count). The second-order valence-electron chi connectivity index (χ2n) is 2.27. The van der Waals surface area contributed by atoms with Crippen molar-refractivity contribution in [3.05, 3.63) is 22.6 Å². The van der Waals surface area contributed by atoms with Crippen LogP contribution in [0.25, 0.3) is 0 Å². The molecule has 60 valence electrons. The highest BCUT2D eigenvalue weighted by Gasteiger charge is 2.11. The van der Waals surface area contributed by atoms with E-state index < -0.39 is 0 Å². The summed E-state index contributed by atoms with van der Waals surface area (Å²) in [5, 5.41) is 0. The van der Waals surface area contributed by atoms with Crippen LogP contribution in [-0.2, 0) is 0 Å². The second-order valence-corrected chi connectivity index (χ2v) is 3.13. The first-order chi connectivity index (χ1) is 5.25. The number of furan rings is 1. The summed E-state index contributed by atoms with van der Waals surface area (Å²) < 4.78 is 5.73. The standard InChI is InChI=1S/C8H9BrO2/c1-2-3-7(10)8-6(9)4-5-11-8/h4-5H,2-3H2,1H3. The van der Waals surface area contributed by atoms with Gasteiger partial charge in [0, 0.05) is 6.42 Å². The van der Waals surface area contributed by atoms with Crippen LogP contribution in [0.1, 0.15) is 30.3 Å². The monoisotopic (exact) mass is 216 g/mol. The Morgan fingerprint density at radius 3 is 2.91 bits per heavy atom. The molecular weight excluding hydrogens is 208 g/mol. The first-order valence-corrected chi connectivity index (χ1v) is 4.31. The van der Waals surface area contributed by atoms with E-state index in [1.807, 2.05) is 6.92 Å². The minimum atomic E-state index is 0.0596. The molecule has 1 heterocycles. The van der Waals surface area contributed by atoms with Gasteiger partial charge in [-0.15, -0.1) is 0 Å². The lowest BCUT2D eigenvalue weighted by molar-refractivity contribution is 0.0954. The fraction of sp³-hybridized carbons (Fsp3) is 0.375. The van der Waals surface area contributed by atoms with Crippen LogP contribution in [0.4, 0.5) is 0 Å². The van der Waals surface area contributed by atoms with Gasteiger partial charge in [0.05, 0.1) is 10.7 Å². The number of halogens is 1. The molecule has 1 aromatic heterocycles. The molecule has 0 spiro atoms. The van der Waals surface area contributed by atoms with Crippen LogP contribution in [0, 0.1) is 0 Å². The Morgan fingerprint density at radius 1 is 1.73 bits per heavy atom. The van der Waals surface area contributed by atoms with Crippen LogP contribution in [-0.4, -0.2) is 5.78 Å². The van der Waals surface area contributed by atoms with E-state index in [1.165, 1.54) is 6.26 Å². The summed E-state index contributed by atoms with van der Waals surface area (Å²) in [6.45, 7) is 1.97. The summed E-state index contributed by atoms with van der Waals surface area (Å²) in [5.41, 5.74) is 0. The lowest BCUT2D eigenvalue weighted by Gasteiger charge is -1.92. The van der Waals surface area contributed by atoms with Crippen molar-refractivity contribution in [2.24, 2.45) is 0 Å². The Balaban J connectivity index is 2.76. The third kappa shape index (κ3) is 1.93. The van der Waals surface area contributed by atoms with Crippen LogP contribution >= 0.6 is 15.9 Å². The van der Waals surface area contributed by atoms with Gasteiger partial charge in [0.1, 0.15) is 0 Å². The van der Waals surface area contributed by atoms with E-state index in [2.05, 4.69) is 15.9 Å². The third-order valence-electron chi connectivity index (χ3n) is 1.35. The molecule has 0 N–H and O–H groups in total. The van der Waals surface area contributed by atoms with E-state index >= 15 is 0 Å². The summed E-state index contributed by atoms with van der Waals surface area (Å²) in [6.07, 6.45) is 2.91. The Bertz CT molecular complexity index is 252. The summed E-state index contributed by atoms with van der Waals surface area (Å²) in [6, 6.07) is 1.73. The van der Waals surface area contributed by atoms with E-state index in [4.69, 9.17) is 4.42 Å². The van der Waals surface area contributed by atoms with Crippen molar-refractivity contribution >= 4 is 21.7 Å². The minimum absolute atomic E-state index is 0.0596. The molecule has 0 fully saturated rings. The highest BCUT2D eigenvalue weighted by atomic mass is 79.9. The molecule has 0 unspecified atom stereocenters. The fourth-order valence-corrected chi connectivity index (χ4v) is 1.26. The quantitative estimate of drug-likeness (QED) is 0.728. The first kappa shape index (κ1) is 8.53. The SMILES string of the molecule is CCCC(=O)c1occc1Br. The number of rotatable bonds is 3. The Hall–Kier alpha value is -0.570. The van der Waals surface area contributed by atoms with Crippen LogP contribution in [0.5, 0.6) is 0 Å². The molecule has 3 heteroatoms. The molecule has 1 aromatic rings. The maximum Gasteiger partial charge on any atom is 0.199 e. The van der Waals surface area contributed by atoms with Crippen molar-refractivity contribution in [2.75, 3.05) is 0 Å². The molecule has 0 aliphatic heterocycles. The van der Waals surface area contributed by atoms with Gasteiger partial charge >= 0.3 is 0 Å². The van der Waals surface area contributed by atoms with E-state index in [1.54, 1.807) is 6.07 Å². The highest BCUT2D eigenvalue weighted by molar-refractivity contribution is 9.10. The maximum atomic E-state index is 11.2. The van der Waals surface area contributed by atoms with Gasteiger partial charge in [0.25, 0.3) is 0 Å². The zero-order valence-electron chi connectivity index (χ0n) is 6.26. The van der Waals surface area contributed by atoms with Crippen molar-refractivity contribution in [3.8, 4) is 0 Å². The summed E-state index contributed by atoms with van der Waals surface area (Å²) in [4.78, 5) is 11.2. The number of hydrogen-bond acceptors (Lipinski definition) is 2. The van der Waals surface area contributed by atoms with E-state index in [0.29, 0.717) is 12.2 Å². The van der Waals surface area contributed by atoms with E-state index in [0.717, 1.165) is 10.9 Å². The molecule has 0 aromatic carbocycles. The van der Waals surface area contributed by atoms with Gasteiger partial charge in [-0.1, -0.05) is 6.92 Å². The largest absolute Gasteiger partial charge is 0.460 e. The van der Waals surface area contributed by atoms with Gasteiger partial charge in [-0.3, -0.25) is 4.79 Å². The smallest absolute Gasteiger partial charge is 0.199 e. The van der Waals surface area contributed by atoms with Gasteiger partial charge in [0.2, 0.25) is 0 Å². The van der Waals surface area contributed by atoms with Gasteiger partial charge < -0.3 is 4.42 Å². The number of ketones is 1. The predicted molar refractivity (Wildman–Crippen MR) is 45.6 cm³/mol. The molecule has 0 radical (unpaired) electrons. The van der Waals surface area contributed by atoms with Crippen LogP contribution in [0.15, 0.2) is 21.2 Å². The van der Waals surface area contributed by atoms with Crippen LogP contribution in [0.2, 0.25) is 0 Å². The lowest BCUT2D eigenvalue weighted by atomic mass is 10.2. The van der Waals surface area contributed by atoms with Crippen molar-refractivity contribution in [1.29, 1.82) is 0 Å². The van der Waals surface area contributed by atoms with Gasteiger partial charge in [-0.25, -0.2) is 0 Å². The normalized spacial score (nSPS) is 10.0. The first-order valence-electron chi connectivity index (χ1n) is 3.52. The minimum Gasteiger partial charge on any atom is -0.460 e. The summed E-state index contributed by atoms with van der Waals surface area (Å²) in [7, 11) is 0. The van der Waals surface area contributed by atoms with Gasteiger partial charge in [-0.05, 0) is 28.4 Å². The van der Waals surface area contributed by atoms with Crippen LogP contribution < -0.4 is 0 Å². The zero-order valence-corrected chi connectivity index (χ0v) is 7.85. The van der Waals surface area contributed by atoms with Crippen molar-refractivity contribution < 1.29 is 9.21 Å².